The highest BCUT2D eigenvalue weighted by molar-refractivity contribution is 9.10. The molecule has 0 atom stereocenters. The highest BCUT2D eigenvalue weighted by atomic mass is 79.9. The van der Waals surface area contributed by atoms with Crippen LogP contribution in [0, 0.1) is 5.95 Å². The van der Waals surface area contributed by atoms with Gasteiger partial charge in [-0.15, -0.1) is 5.10 Å². The Bertz CT molecular complexity index is 414. The Balaban J connectivity index is 2.57. The van der Waals surface area contributed by atoms with Gasteiger partial charge < -0.3 is 0 Å². The minimum atomic E-state index is -0.575. The molecule has 0 saturated carbocycles. The quantitative estimate of drug-likeness (QED) is 0.714. The second-order valence-electron chi connectivity index (χ2n) is 2.31. The van der Waals surface area contributed by atoms with Crippen LogP contribution in [0.4, 0.5) is 4.39 Å². The van der Waals surface area contributed by atoms with Gasteiger partial charge in [-0.1, -0.05) is 5.21 Å². The summed E-state index contributed by atoms with van der Waals surface area (Å²) in [7, 11) is 0. The van der Waals surface area contributed by atoms with Crippen molar-refractivity contribution in [3.8, 4) is 5.69 Å². The summed E-state index contributed by atoms with van der Waals surface area (Å²) in [5.41, 5.74) is 0.270. The lowest BCUT2D eigenvalue weighted by Crippen LogP contribution is -2.00. The maximum atomic E-state index is 13.1. The summed E-state index contributed by atoms with van der Waals surface area (Å²) >= 11 is 3.19. The topological polar surface area (TPSA) is 43.6 Å². The fourth-order valence-corrected chi connectivity index (χ4v) is 1.23. The molecule has 0 aliphatic rings. The van der Waals surface area contributed by atoms with Crippen molar-refractivity contribution >= 4 is 15.9 Å². The second-order valence-corrected chi connectivity index (χ2v) is 3.23. The Morgan fingerprint density at radius 1 is 1.46 bits per heavy atom. The van der Waals surface area contributed by atoms with E-state index in [0.29, 0.717) is 4.47 Å². The van der Waals surface area contributed by atoms with Crippen molar-refractivity contribution in [3.63, 3.8) is 0 Å². The van der Waals surface area contributed by atoms with Crippen LogP contribution in [0.5, 0.6) is 0 Å². The lowest BCUT2D eigenvalue weighted by atomic mass is 10.4. The monoisotopic (exact) mass is 242 g/mol. The van der Waals surface area contributed by atoms with E-state index >= 15 is 0 Å². The van der Waals surface area contributed by atoms with E-state index in [4.69, 9.17) is 0 Å². The Morgan fingerprint density at radius 3 is 3.00 bits per heavy atom. The third kappa shape index (κ3) is 1.57. The van der Waals surface area contributed by atoms with Gasteiger partial charge in [0.05, 0.1) is 12.4 Å². The molecule has 0 N–H and O–H groups in total. The summed E-state index contributed by atoms with van der Waals surface area (Å²) in [6.45, 7) is 0. The van der Waals surface area contributed by atoms with Gasteiger partial charge >= 0.3 is 0 Å². The molecule has 0 aliphatic heterocycles. The van der Waals surface area contributed by atoms with Gasteiger partial charge in [0.1, 0.15) is 5.69 Å². The maximum Gasteiger partial charge on any atom is 0.238 e. The van der Waals surface area contributed by atoms with Gasteiger partial charge in [0.25, 0.3) is 0 Å². The number of pyridine rings is 1. The summed E-state index contributed by atoms with van der Waals surface area (Å²) in [5, 5.41) is 7.23. The maximum absolute atomic E-state index is 13.1. The molecule has 0 radical (unpaired) electrons. The predicted molar refractivity (Wildman–Crippen MR) is 46.8 cm³/mol. The molecule has 2 heterocycles. The summed E-state index contributed by atoms with van der Waals surface area (Å²) in [6.07, 6.45) is 4.41. The second kappa shape index (κ2) is 3.21. The fourth-order valence-electron chi connectivity index (χ4n) is 0.909. The number of hydrogen-bond acceptors (Lipinski definition) is 3. The summed E-state index contributed by atoms with van der Waals surface area (Å²) < 4.78 is 15.1. The molecule has 2 aromatic heterocycles. The van der Waals surface area contributed by atoms with Crippen molar-refractivity contribution in [3.05, 3.63) is 35.1 Å². The van der Waals surface area contributed by atoms with Crippen molar-refractivity contribution in [2.75, 3.05) is 0 Å². The van der Waals surface area contributed by atoms with Crippen LogP contribution in [-0.4, -0.2) is 20.0 Å². The average molecular weight is 243 g/mol. The molecule has 0 spiro atoms. The average Bonchev–Trinajstić information content (AvgIpc) is 2.61. The normalized spacial score (nSPS) is 10.3. The van der Waals surface area contributed by atoms with Crippen LogP contribution in [0.1, 0.15) is 0 Å². The van der Waals surface area contributed by atoms with E-state index in [1.807, 2.05) is 0 Å². The minimum absolute atomic E-state index is 0.270. The molecule has 0 aromatic carbocycles. The Morgan fingerprint density at radius 2 is 2.31 bits per heavy atom. The Kier molecular flexibility index (Phi) is 2.05. The summed E-state index contributed by atoms with van der Waals surface area (Å²) in [5.74, 6) is -0.575. The zero-order chi connectivity index (χ0) is 9.26. The number of aromatic nitrogens is 4. The standard InChI is InChI=1S/C7H4BrFN4/c8-5-3-6(7(9)10-4-5)13-2-1-11-12-13/h1-4H. The van der Waals surface area contributed by atoms with Gasteiger partial charge in [-0.3, -0.25) is 0 Å². The Labute approximate surface area is 81.5 Å². The molecule has 0 bridgehead atoms. The molecular weight excluding hydrogens is 239 g/mol. The van der Waals surface area contributed by atoms with Crippen molar-refractivity contribution in [2.45, 2.75) is 0 Å². The molecule has 0 unspecified atom stereocenters. The Hall–Kier alpha value is -1.30. The van der Waals surface area contributed by atoms with E-state index in [2.05, 4.69) is 31.2 Å². The molecule has 66 valence electrons. The van der Waals surface area contributed by atoms with Crippen LogP contribution in [0.2, 0.25) is 0 Å². The van der Waals surface area contributed by atoms with Crippen LogP contribution in [-0.2, 0) is 0 Å². The SMILES string of the molecule is Fc1ncc(Br)cc1-n1ccnn1. The van der Waals surface area contributed by atoms with Gasteiger partial charge in [-0.05, 0) is 22.0 Å². The lowest BCUT2D eigenvalue weighted by Gasteiger charge is -2.00. The minimum Gasteiger partial charge on any atom is -0.225 e. The van der Waals surface area contributed by atoms with Gasteiger partial charge in [-0.25, -0.2) is 9.67 Å². The smallest absolute Gasteiger partial charge is 0.225 e. The molecule has 13 heavy (non-hydrogen) atoms. The molecule has 2 rings (SSSR count). The van der Waals surface area contributed by atoms with Crippen molar-refractivity contribution in [1.82, 2.24) is 20.0 Å². The van der Waals surface area contributed by atoms with E-state index in [1.165, 1.54) is 17.1 Å². The number of hydrogen-bond donors (Lipinski definition) is 0. The predicted octanol–water partition coefficient (Wildman–Crippen LogP) is 1.56. The largest absolute Gasteiger partial charge is 0.238 e. The van der Waals surface area contributed by atoms with Gasteiger partial charge in [-0.2, -0.15) is 4.39 Å². The lowest BCUT2D eigenvalue weighted by molar-refractivity contribution is 0.565. The fraction of sp³-hybridized carbons (Fsp3) is 0. The van der Waals surface area contributed by atoms with Crippen molar-refractivity contribution in [1.29, 1.82) is 0 Å². The van der Waals surface area contributed by atoms with Crippen molar-refractivity contribution < 1.29 is 4.39 Å². The van der Waals surface area contributed by atoms with Crippen LogP contribution < -0.4 is 0 Å². The first kappa shape index (κ1) is 8.31. The summed E-state index contributed by atoms with van der Waals surface area (Å²) in [4.78, 5) is 3.53. The first-order chi connectivity index (χ1) is 6.27. The number of nitrogens with zero attached hydrogens (tertiary/aromatic N) is 4. The van der Waals surface area contributed by atoms with E-state index in [0.717, 1.165) is 0 Å². The third-order valence-corrected chi connectivity index (χ3v) is 1.89. The molecule has 2 aromatic rings. The zero-order valence-corrected chi connectivity index (χ0v) is 7.94. The zero-order valence-electron chi connectivity index (χ0n) is 6.35. The van der Waals surface area contributed by atoms with Crippen LogP contribution >= 0.6 is 15.9 Å². The molecule has 0 amide bonds. The first-order valence-electron chi connectivity index (χ1n) is 3.45. The van der Waals surface area contributed by atoms with E-state index in [9.17, 15) is 4.39 Å². The number of rotatable bonds is 1. The van der Waals surface area contributed by atoms with Crippen LogP contribution in [0.25, 0.3) is 5.69 Å². The third-order valence-electron chi connectivity index (χ3n) is 1.46. The van der Waals surface area contributed by atoms with Crippen LogP contribution in [0.3, 0.4) is 0 Å². The molecular formula is C7H4BrFN4. The van der Waals surface area contributed by atoms with Gasteiger partial charge in [0.2, 0.25) is 5.95 Å². The first-order valence-corrected chi connectivity index (χ1v) is 4.24. The molecule has 0 fully saturated rings. The molecule has 0 saturated heterocycles. The summed E-state index contributed by atoms with van der Waals surface area (Å²) in [6, 6.07) is 1.58. The van der Waals surface area contributed by atoms with Crippen LogP contribution in [0.15, 0.2) is 29.1 Å². The molecule has 6 heteroatoms. The molecule has 0 aliphatic carbocycles. The highest BCUT2D eigenvalue weighted by Crippen LogP contribution is 2.15. The highest BCUT2D eigenvalue weighted by Gasteiger charge is 2.06. The van der Waals surface area contributed by atoms with Gasteiger partial charge in [0, 0.05) is 10.7 Å². The van der Waals surface area contributed by atoms with E-state index < -0.39 is 5.95 Å². The number of halogens is 2. The molecule has 4 nitrogen and oxygen atoms in total. The van der Waals surface area contributed by atoms with E-state index in [1.54, 1.807) is 12.3 Å². The van der Waals surface area contributed by atoms with Gasteiger partial charge in [0.15, 0.2) is 0 Å². The van der Waals surface area contributed by atoms with Crippen molar-refractivity contribution in [2.24, 2.45) is 0 Å². The van der Waals surface area contributed by atoms with E-state index in [-0.39, 0.29) is 5.69 Å².